The van der Waals surface area contributed by atoms with Crippen molar-refractivity contribution in [3.8, 4) is 0 Å². The lowest BCUT2D eigenvalue weighted by molar-refractivity contribution is -0.143. The van der Waals surface area contributed by atoms with Crippen molar-refractivity contribution >= 4 is 17.6 Å². The van der Waals surface area contributed by atoms with Crippen molar-refractivity contribution in [2.45, 2.75) is 38.5 Å². The van der Waals surface area contributed by atoms with Gasteiger partial charge in [0.25, 0.3) is 0 Å². The molecule has 1 heterocycles. The van der Waals surface area contributed by atoms with Crippen LogP contribution in [0.5, 0.6) is 0 Å². The number of carbonyl (C=O) groups is 2. The molecule has 0 aromatic carbocycles. The number of oxime groups is 1. The van der Waals surface area contributed by atoms with Gasteiger partial charge in [0.1, 0.15) is 5.41 Å². The van der Waals surface area contributed by atoms with Crippen LogP contribution >= 0.6 is 0 Å². The number of primary amides is 1. The van der Waals surface area contributed by atoms with Crippen LogP contribution in [0.4, 0.5) is 0 Å². The van der Waals surface area contributed by atoms with E-state index >= 15 is 0 Å². The van der Waals surface area contributed by atoms with Gasteiger partial charge in [-0.15, -0.1) is 0 Å². The minimum absolute atomic E-state index is 0.0213. The van der Waals surface area contributed by atoms with Gasteiger partial charge in [0, 0.05) is 19.5 Å². The predicted octanol–water partition coefficient (Wildman–Crippen LogP) is 0.0171. The standard InChI is InChI=1S/C13H22N4O3/c14-10(18)8-9-2-6-17(7-3-9)12(19)13(4-1-5-13)11(15)16-20/h9,20H,1-8H2,(H2,14,18)(H2,15,16). The summed E-state index contributed by atoms with van der Waals surface area (Å²) in [7, 11) is 0. The van der Waals surface area contributed by atoms with E-state index in [4.69, 9.17) is 16.7 Å². The second-order valence-electron chi connectivity index (χ2n) is 5.83. The summed E-state index contributed by atoms with van der Waals surface area (Å²) >= 11 is 0. The molecular weight excluding hydrogens is 260 g/mol. The fourth-order valence-electron chi connectivity index (χ4n) is 3.13. The summed E-state index contributed by atoms with van der Waals surface area (Å²) in [4.78, 5) is 25.3. The lowest BCUT2D eigenvalue weighted by Gasteiger charge is -2.44. The molecule has 1 saturated heterocycles. The number of likely N-dealkylation sites (tertiary alicyclic amines) is 1. The summed E-state index contributed by atoms with van der Waals surface area (Å²) in [5, 5.41) is 11.9. The molecule has 1 aliphatic carbocycles. The van der Waals surface area contributed by atoms with Crippen molar-refractivity contribution in [2.75, 3.05) is 13.1 Å². The van der Waals surface area contributed by atoms with Crippen LogP contribution in [-0.2, 0) is 9.59 Å². The number of carbonyl (C=O) groups excluding carboxylic acids is 2. The van der Waals surface area contributed by atoms with Gasteiger partial charge < -0.3 is 21.6 Å². The zero-order valence-corrected chi connectivity index (χ0v) is 11.5. The molecule has 2 rings (SSSR count). The molecule has 0 aromatic rings. The predicted molar refractivity (Wildman–Crippen MR) is 72.8 cm³/mol. The Hall–Kier alpha value is -1.79. The third-order valence-electron chi connectivity index (χ3n) is 4.61. The maximum absolute atomic E-state index is 12.6. The van der Waals surface area contributed by atoms with E-state index in [1.54, 1.807) is 4.90 Å². The monoisotopic (exact) mass is 282 g/mol. The number of nitrogens with two attached hydrogens (primary N) is 2. The number of amides is 2. The van der Waals surface area contributed by atoms with Crippen LogP contribution in [-0.4, -0.2) is 40.8 Å². The fraction of sp³-hybridized carbons (Fsp3) is 0.769. The Balaban J connectivity index is 1.96. The van der Waals surface area contributed by atoms with Gasteiger partial charge in [-0.3, -0.25) is 9.59 Å². The molecule has 7 heteroatoms. The Morgan fingerprint density at radius 2 is 1.85 bits per heavy atom. The number of rotatable bonds is 4. The molecular formula is C13H22N4O3. The van der Waals surface area contributed by atoms with Gasteiger partial charge in [-0.05, 0) is 31.6 Å². The number of hydrogen-bond donors (Lipinski definition) is 3. The largest absolute Gasteiger partial charge is 0.409 e. The van der Waals surface area contributed by atoms with E-state index in [9.17, 15) is 9.59 Å². The van der Waals surface area contributed by atoms with Gasteiger partial charge in [0.05, 0.1) is 0 Å². The van der Waals surface area contributed by atoms with Crippen LogP contribution in [0, 0.1) is 11.3 Å². The first-order valence-corrected chi connectivity index (χ1v) is 7.05. The second-order valence-corrected chi connectivity index (χ2v) is 5.83. The Morgan fingerprint density at radius 3 is 2.25 bits per heavy atom. The molecule has 1 aliphatic heterocycles. The highest BCUT2D eigenvalue weighted by molar-refractivity contribution is 6.07. The first-order valence-electron chi connectivity index (χ1n) is 7.05. The molecule has 2 fully saturated rings. The maximum atomic E-state index is 12.6. The van der Waals surface area contributed by atoms with Crippen LogP contribution in [0.25, 0.3) is 0 Å². The Kier molecular flexibility index (Phi) is 4.15. The Bertz CT molecular complexity index is 423. The van der Waals surface area contributed by atoms with Gasteiger partial charge in [0.15, 0.2) is 5.84 Å². The van der Waals surface area contributed by atoms with E-state index in [0.717, 1.165) is 19.3 Å². The summed E-state index contributed by atoms with van der Waals surface area (Å²) in [6.07, 6.45) is 4.14. The van der Waals surface area contributed by atoms with Gasteiger partial charge in [-0.25, -0.2) is 0 Å². The molecule has 0 bridgehead atoms. The molecule has 0 aromatic heterocycles. The van der Waals surface area contributed by atoms with Crippen LogP contribution in [0.15, 0.2) is 5.16 Å². The summed E-state index contributed by atoms with van der Waals surface area (Å²) in [6.45, 7) is 1.22. The van der Waals surface area contributed by atoms with Gasteiger partial charge in [0.2, 0.25) is 11.8 Å². The molecule has 0 atom stereocenters. The molecule has 1 saturated carbocycles. The summed E-state index contributed by atoms with van der Waals surface area (Å²) in [5.41, 5.74) is 10.1. The van der Waals surface area contributed by atoms with E-state index < -0.39 is 5.41 Å². The third-order valence-corrected chi connectivity index (χ3v) is 4.61. The van der Waals surface area contributed by atoms with Crippen LogP contribution < -0.4 is 11.5 Å². The SMILES string of the molecule is NC(=O)CC1CCN(C(=O)C2(C(N)=NO)CCC2)CC1. The summed E-state index contributed by atoms with van der Waals surface area (Å²) in [5.74, 6) is -0.0516. The van der Waals surface area contributed by atoms with Crippen LogP contribution in [0.3, 0.4) is 0 Å². The summed E-state index contributed by atoms with van der Waals surface area (Å²) in [6, 6.07) is 0. The van der Waals surface area contributed by atoms with Gasteiger partial charge in [-0.2, -0.15) is 0 Å². The Morgan fingerprint density at radius 1 is 1.25 bits per heavy atom. The number of nitrogens with zero attached hydrogens (tertiary/aromatic N) is 2. The lowest BCUT2D eigenvalue weighted by Crippen LogP contribution is -2.56. The highest BCUT2D eigenvalue weighted by atomic mass is 16.4. The highest BCUT2D eigenvalue weighted by Crippen LogP contribution is 2.43. The van der Waals surface area contributed by atoms with Crippen molar-refractivity contribution in [1.82, 2.24) is 4.90 Å². The fourth-order valence-corrected chi connectivity index (χ4v) is 3.13. The average Bonchev–Trinajstić information content (AvgIpc) is 2.37. The van der Waals surface area contributed by atoms with Gasteiger partial charge in [-0.1, -0.05) is 11.6 Å². The molecule has 112 valence electrons. The number of piperidine rings is 1. The lowest BCUT2D eigenvalue weighted by atomic mass is 9.66. The molecule has 0 unspecified atom stereocenters. The minimum atomic E-state index is -0.800. The van der Waals surface area contributed by atoms with Crippen LogP contribution in [0.1, 0.15) is 38.5 Å². The van der Waals surface area contributed by atoms with Crippen molar-refractivity contribution in [3.05, 3.63) is 0 Å². The molecule has 0 radical (unpaired) electrons. The normalized spacial score (nSPS) is 23.2. The second kappa shape index (κ2) is 5.68. The summed E-state index contributed by atoms with van der Waals surface area (Å²) < 4.78 is 0. The molecule has 2 amide bonds. The van der Waals surface area contributed by atoms with Crippen molar-refractivity contribution < 1.29 is 14.8 Å². The number of amidine groups is 1. The zero-order chi connectivity index (χ0) is 14.8. The van der Waals surface area contributed by atoms with Gasteiger partial charge >= 0.3 is 0 Å². The zero-order valence-electron chi connectivity index (χ0n) is 11.5. The van der Waals surface area contributed by atoms with Crippen molar-refractivity contribution in [3.63, 3.8) is 0 Å². The molecule has 5 N–H and O–H groups in total. The van der Waals surface area contributed by atoms with Crippen molar-refractivity contribution in [2.24, 2.45) is 28.0 Å². The quantitative estimate of drug-likeness (QED) is 0.291. The van der Waals surface area contributed by atoms with E-state index in [-0.39, 0.29) is 23.6 Å². The number of hydrogen-bond acceptors (Lipinski definition) is 4. The first-order chi connectivity index (χ1) is 9.49. The molecule has 7 nitrogen and oxygen atoms in total. The van der Waals surface area contributed by atoms with E-state index in [2.05, 4.69) is 5.16 Å². The third kappa shape index (κ3) is 2.57. The minimum Gasteiger partial charge on any atom is -0.409 e. The molecule has 0 spiro atoms. The molecule has 2 aliphatic rings. The van der Waals surface area contributed by atoms with Crippen molar-refractivity contribution in [1.29, 1.82) is 0 Å². The topological polar surface area (TPSA) is 122 Å². The van der Waals surface area contributed by atoms with E-state index in [1.807, 2.05) is 0 Å². The first kappa shape index (κ1) is 14.6. The van der Waals surface area contributed by atoms with E-state index in [0.29, 0.717) is 32.4 Å². The smallest absolute Gasteiger partial charge is 0.236 e. The van der Waals surface area contributed by atoms with Crippen LogP contribution in [0.2, 0.25) is 0 Å². The highest BCUT2D eigenvalue weighted by Gasteiger charge is 2.50. The Labute approximate surface area is 118 Å². The average molecular weight is 282 g/mol. The van der Waals surface area contributed by atoms with E-state index in [1.165, 1.54) is 0 Å². The maximum Gasteiger partial charge on any atom is 0.236 e. The molecule has 20 heavy (non-hydrogen) atoms.